The lowest BCUT2D eigenvalue weighted by atomic mass is 10.0. The maximum absolute atomic E-state index is 6.17. The molecule has 0 unspecified atom stereocenters. The van der Waals surface area contributed by atoms with Gasteiger partial charge in [-0.15, -0.1) is 0 Å². The Morgan fingerprint density at radius 2 is 2.00 bits per heavy atom. The third kappa shape index (κ3) is 2.02. The predicted molar refractivity (Wildman–Crippen MR) is 89.8 cm³/mol. The molecule has 3 heterocycles. The minimum Gasteiger partial charge on any atom is -0.264 e. The quantitative estimate of drug-likeness (QED) is 0.556. The van der Waals surface area contributed by atoms with Crippen LogP contribution in [0.1, 0.15) is 29.4 Å². The van der Waals surface area contributed by atoms with E-state index < -0.39 is 0 Å². The molecule has 1 saturated carbocycles. The molecule has 0 bridgehead atoms. The largest absolute Gasteiger partial charge is 0.264 e. The van der Waals surface area contributed by atoms with Crippen molar-refractivity contribution >= 4 is 28.0 Å². The van der Waals surface area contributed by atoms with Crippen LogP contribution in [0.25, 0.3) is 16.4 Å². The van der Waals surface area contributed by atoms with Gasteiger partial charge in [0.05, 0.1) is 0 Å². The van der Waals surface area contributed by atoms with Crippen LogP contribution in [0.4, 0.5) is 0 Å². The molecular formula is C18H13ClN4. The van der Waals surface area contributed by atoms with Crippen LogP contribution in [0.2, 0.25) is 5.15 Å². The molecule has 2 atom stereocenters. The zero-order valence-corrected chi connectivity index (χ0v) is 13.0. The van der Waals surface area contributed by atoms with E-state index in [2.05, 4.69) is 39.3 Å². The number of nitrogens with zero attached hydrogens (tertiary/aromatic N) is 4. The first-order valence-corrected chi connectivity index (χ1v) is 8.01. The van der Waals surface area contributed by atoms with Gasteiger partial charge in [-0.2, -0.15) is 5.10 Å². The molecule has 0 N–H and O–H groups in total. The molecule has 0 radical (unpaired) electrons. The lowest BCUT2D eigenvalue weighted by Crippen LogP contribution is -1.96. The molecule has 4 nitrogen and oxygen atoms in total. The van der Waals surface area contributed by atoms with E-state index in [0.717, 1.165) is 12.1 Å². The van der Waals surface area contributed by atoms with Crippen molar-refractivity contribution in [2.24, 2.45) is 0 Å². The fraction of sp³-hybridized carbons (Fsp3) is 0.167. The van der Waals surface area contributed by atoms with Crippen molar-refractivity contribution in [2.75, 3.05) is 0 Å². The van der Waals surface area contributed by atoms with Crippen LogP contribution in [0.3, 0.4) is 0 Å². The summed E-state index contributed by atoms with van der Waals surface area (Å²) in [5, 5.41) is 7.25. The van der Waals surface area contributed by atoms with Gasteiger partial charge in [0.2, 0.25) is 0 Å². The second-order valence-electron chi connectivity index (χ2n) is 6.01. The van der Waals surface area contributed by atoms with Crippen LogP contribution >= 0.6 is 11.6 Å². The summed E-state index contributed by atoms with van der Waals surface area (Å²) < 4.78 is 1.76. The number of imidazole rings is 1. The van der Waals surface area contributed by atoms with Gasteiger partial charge < -0.3 is 0 Å². The third-order valence-electron chi connectivity index (χ3n) is 4.66. The first-order valence-electron chi connectivity index (χ1n) is 7.64. The topological polar surface area (TPSA) is 43.1 Å². The molecule has 5 rings (SSSR count). The predicted octanol–water partition coefficient (Wildman–Crippen LogP) is 4.20. The summed E-state index contributed by atoms with van der Waals surface area (Å²) >= 11 is 6.17. The van der Waals surface area contributed by atoms with Crippen molar-refractivity contribution in [2.45, 2.75) is 18.3 Å². The van der Waals surface area contributed by atoms with Crippen molar-refractivity contribution < 1.29 is 0 Å². The van der Waals surface area contributed by atoms with Crippen LogP contribution in [0.5, 0.6) is 0 Å². The van der Waals surface area contributed by atoms with Crippen LogP contribution in [-0.2, 0) is 0 Å². The van der Waals surface area contributed by atoms with Crippen LogP contribution in [0.15, 0.2) is 55.1 Å². The van der Waals surface area contributed by atoms with Crippen molar-refractivity contribution in [1.82, 2.24) is 19.6 Å². The fourth-order valence-electron chi connectivity index (χ4n) is 3.52. The Morgan fingerprint density at radius 3 is 2.96 bits per heavy atom. The van der Waals surface area contributed by atoms with E-state index in [0.29, 0.717) is 17.0 Å². The van der Waals surface area contributed by atoms with Gasteiger partial charge in [-0.1, -0.05) is 29.8 Å². The molecule has 0 spiro atoms. The van der Waals surface area contributed by atoms with Crippen molar-refractivity contribution in [3.05, 3.63) is 71.4 Å². The molecule has 1 aliphatic rings. The Bertz CT molecular complexity index is 1030. The first kappa shape index (κ1) is 13.0. The Labute approximate surface area is 137 Å². The molecule has 5 heteroatoms. The van der Waals surface area contributed by atoms with Gasteiger partial charge in [0, 0.05) is 35.7 Å². The maximum Gasteiger partial charge on any atom is 0.157 e. The smallest absolute Gasteiger partial charge is 0.157 e. The summed E-state index contributed by atoms with van der Waals surface area (Å²) in [4.78, 5) is 8.73. The first-order chi connectivity index (χ1) is 11.3. The molecule has 112 valence electrons. The van der Waals surface area contributed by atoms with Gasteiger partial charge in [-0.05, 0) is 41.3 Å². The highest BCUT2D eigenvalue weighted by Crippen LogP contribution is 2.56. The van der Waals surface area contributed by atoms with E-state index in [9.17, 15) is 0 Å². The average molecular weight is 321 g/mol. The Morgan fingerprint density at radius 1 is 1.09 bits per heavy atom. The molecule has 3 aromatic heterocycles. The number of halogens is 1. The van der Waals surface area contributed by atoms with Crippen LogP contribution in [-0.4, -0.2) is 19.6 Å². The van der Waals surface area contributed by atoms with E-state index in [-0.39, 0.29) is 0 Å². The highest BCUT2D eigenvalue weighted by Gasteiger charge is 2.42. The molecule has 0 amide bonds. The van der Waals surface area contributed by atoms with E-state index >= 15 is 0 Å². The lowest BCUT2D eigenvalue weighted by Gasteiger charge is -2.07. The standard InChI is InChI=1S/C18H13ClN4/c19-17-9-15(18-21-6-7-23(18)22-17)14-8-13(14)12-3-1-2-11-4-5-20-10-16(11)12/h1-7,9-10,13-14H,8H2/t13-,14+/m1/s1. The van der Waals surface area contributed by atoms with E-state index in [1.165, 1.54) is 21.9 Å². The Kier molecular flexibility index (Phi) is 2.70. The van der Waals surface area contributed by atoms with E-state index in [4.69, 9.17) is 11.6 Å². The second-order valence-corrected chi connectivity index (χ2v) is 6.40. The lowest BCUT2D eigenvalue weighted by molar-refractivity contribution is 0.906. The van der Waals surface area contributed by atoms with Gasteiger partial charge in [0.25, 0.3) is 0 Å². The summed E-state index contributed by atoms with van der Waals surface area (Å²) in [5.74, 6) is 0.924. The number of pyridine rings is 1. The summed E-state index contributed by atoms with van der Waals surface area (Å²) in [6, 6.07) is 10.5. The van der Waals surface area contributed by atoms with Crippen LogP contribution < -0.4 is 0 Å². The number of hydrogen-bond acceptors (Lipinski definition) is 3. The zero-order chi connectivity index (χ0) is 15.4. The van der Waals surface area contributed by atoms with E-state index in [1.54, 1.807) is 10.7 Å². The number of aromatic nitrogens is 4. The molecule has 1 fully saturated rings. The Balaban J connectivity index is 1.61. The van der Waals surface area contributed by atoms with Gasteiger partial charge in [0.15, 0.2) is 5.65 Å². The average Bonchev–Trinajstić information content (AvgIpc) is 3.23. The van der Waals surface area contributed by atoms with Crippen molar-refractivity contribution in [1.29, 1.82) is 0 Å². The third-order valence-corrected chi connectivity index (χ3v) is 4.85. The normalized spacial score (nSPS) is 20.2. The molecular weight excluding hydrogens is 308 g/mol. The number of rotatable bonds is 2. The summed E-state index contributed by atoms with van der Waals surface area (Å²) in [6.45, 7) is 0. The summed E-state index contributed by atoms with van der Waals surface area (Å²) in [5.41, 5.74) is 3.44. The second kappa shape index (κ2) is 4.77. The van der Waals surface area contributed by atoms with Gasteiger partial charge in [-0.3, -0.25) is 4.98 Å². The van der Waals surface area contributed by atoms with Gasteiger partial charge in [-0.25, -0.2) is 9.50 Å². The van der Waals surface area contributed by atoms with E-state index in [1.807, 2.05) is 24.7 Å². The SMILES string of the molecule is Clc1cc([C@H]2C[C@@H]2c2cccc3ccncc23)c2nccn2n1. The summed E-state index contributed by atoms with van der Waals surface area (Å²) in [7, 11) is 0. The van der Waals surface area contributed by atoms with Crippen molar-refractivity contribution in [3.8, 4) is 0 Å². The molecule has 4 aromatic rings. The fourth-order valence-corrected chi connectivity index (χ4v) is 3.72. The maximum atomic E-state index is 6.17. The number of hydrogen-bond donors (Lipinski definition) is 0. The number of fused-ring (bicyclic) bond motifs is 2. The van der Waals surface area contributed by atoms with Gasteiger partial charge in [0.1, 0.15) is 5.15 Å². The molecule has 23 heavy (non-hydrogen) atoms. The molecule has 1 aromatic carbocycles. The monoisotopic (exact) mass is 320 g/mol. The highest BCUT2D eigenvalue weighted by molar-refractivity contribution is 6.29. The van der Waals surface area contributed by atoms with Crippen LogP contribution in [0, 0.1) is 0 Å². The number of benzene rings is 1. The summed E-state index contributed by atoms with van der Waals surface area (Å²) in [6.07, 6.45) is 8.51. The molecule has 1 aliphatic carbocycles. The zero-order valence-electron chi connectivity index (χ0n) is 12.2. The Hall–Kier alpha value is -2.46. The molecule has 0 aliphatic heterocycles. The molecule has 0 saturated heterocycles. The minimum absolute atomic E-state index is 0.436. The highest BCUT2D eigenvalue weighted by atomic mass is 35.5. The minimum atomic E-state index is 0.436. The van der Waals surface area contributed by atoms with Gasteiger partial charge >= 0.3 is 0 Å². The van der Waals surface area contributed by atoms with Crippen molar-refractivity contribution in [3.63, 3.8) is 0 Å².